The number of alkyl halides is 4. The van der Waals surface area contributed by atoms with E-state index in [2.05, 4.69) is 6.58 Å². The molecule has 1 atom stereocenters. The first-order chi connectivity index (χ1) is 5.10. The second-order valence-corrected chi connectivity index (χ2v) is 3.21. The molecule has 0 bridgehead atoms. The summed E-state index contributed by atoms with van der Waals surface area (Å²) in [6, 6.07) is 0. The van der Waals surface area contributed by atoms with E-state index in [4.69, 9.17) is 0 Å². The molecule has 0 aromatic heterocycles. The van der Waals surface area contributed by atoms with Crippen molar-refractivity contribution in [2.45, 2.75) is 32.6 Å². The molecule has 0 aliphatic rings. The molecule has 0 aliphatic heterocycles. The summed E-state index contributed by atoms with van der Waals surface area (Å²) in [7, 11) is 0. The fourth-order valence-corrected chi connectivity index (χ4v) is 0.626. The molecule has 4 heteroatoms. The summed E-state index contributed by atoms with van der Waals surface area (Å²) in [5.74, 6) is -0.730. The largest absolute Gasteiger partial charge is 0.415 e. The van der Waals surface area contributed by atoms with Gasteiger partial charge in [0.05, 0.1) is 5.57 Å². The lowest BCUT2D eigenvalue weighted by molar-refractivity contribution is -0.112. The van der Waals surface area contributed by atoms with Crippen molar-refractivity contribution >= 4 is 0 Å². The summed E-state index contributed by atoms with van der Waals surface area (Å²) in [5, 5.41) is 0. The molecule has 0 nitrogen and oxygen atoms in total. The van der Waals surface area contributed by atoms with Crippen molar-refractivity contribution in [3.05, 3.63) is 12.2 Å². The van der Waals surface area contributed by atoms with E-state index in [1.165, 1.54) is 13.8 Å². The van der Waals surface area contributed by atoms with Gasteiger partial charge in [-0.3, -0.25) is 0 Å². The average Bonchev–Trinajstić information content (AvgIpc) is 1.83. The second kappa shape index (κ2) is 3.07. The highest BCUT2D eigenvalue weighted by Gasteiger charge is 2.46. The maximum absolute atomic E-state index is 13.3. The predicted octanol–water partition coefficient (Wildman–Crippen LogP) is 3.49. The smallest absolute Gasteiger partial charge is 0.239 e. The van der Waals surface area contributed by atoms with Crippen LogP contribution < -0.4 is 0 Å². The van der Waals surface area contributed by atoms with Gasteiger partial charge in [0.2, 0.25) is 0 Å². The Morgan fingerprint density at radius 3 is 1.58 bits per heavy atom. The Bertz CT molecular complexity index is 176. The number of hydrogen-bond acceptors (Lipinski definition) is 0. The van der Waals surface area contributed by atoms with Crippen LogP contribution in [0.15, 0.2) is 12.2 Å². The molecule has 72 valence electrons. The van der Waals surface area contributed by atoms with E-state index in [1.807, 2.05) is 0 Å². The Hall–Kier alpha value is -0.540. The first-order valence-electron chi connectivity index (χ1n) is 3.55. The van der Waals surface area contributed by atoms with Crippen molar-refractivity contribution in [3.63, 3.8) is 0 Å². The van der Waals surface area contributed by atoms with Crippen molar-refractivity contribution in [2.75, 3.05) is 0 Å². The van der Waals surface area contributed by atoms with Gasteiger partial charge in [0, 0.05) is 0 Å². The third kappa shape index (κ3) is 2.22. The molecule has 0 radical (unpaired) electrons. The van der Waals surface area contributed by atoms with E-state index >= 15 is 0 Å². The van der Waals surface area contributed by atoms with E-state index in [-0.39, 0.29) is 0 Å². The van der Waals surface area contributed by atoms with Crippen LogP contribution in [-0.4, -0.2) is 11.8 Å². The van der Waals surface area contributed by atoms with Gasteiger partial charge >= 0.3 is 6.18 Å². The number of allylic oxidation sites excluding steroid dienone is 1. The van der Waals surface area contributed by atoms with Gasteiger partial charge in [-0.05, 0) is 12.8 Å². The first-order valence-corrected chi connectivity index (χ1v) is 3.55. The predicted molar refractivity (Wildman–Crippen MR) is 39.5 cm³/mol. The SMILES string of the molecule is C=C(C(F)(F)F)C(C)(F)C(C)C. The molecule has 0 spiro atoms. The lowest BCUT2D eigenvalue weighted by atomic mass is 9.87. The minimum absolute atomic E-state index is 0.730. The Kier molecular flexibility index (Phi) is 2.93. The molecule has 12 heavy (non-hydrogen) atoms. The molecular formula is C8H12F4. The summed E-state index contributed by atoms with van der Waals surface area (Å²) >= 11 is 0. The minimum Gasteiger partial charge on any atom is -0.239 e. The Balaban J connectivity index is 4.70. The van der Waals surface area contributed by atoms with Crippen LogP contribution in [0.2, 0.25) is 0 Å². The van der Waals surface area contributed by atoms with E-state index in [1.54, 1.807) is 0 Å². The number of hydrogen-bond donors (Lipinski definition) is 0. The lowest BCUT2D eigenvalue weighted by Gasteiger charge is -2.28. The van der Waals surface area contributed by atoms with E-state index < -0.39 is 23.3 Å². The molecule has 0 aromatic carbocycles. The standard InChI is InChI=1S/C8H12F4/c1-5(2)7(4,9)6(3)8(10,11)12/h5H,3H2,1-2,4H3. The molecule has 0 fully saturated rings. The molecule has 0 heterocycles. The first kappa shape index (κ1) is 11.5. The van der Waals surface area contributed by atoms with E-state index in [0.717, 1.165) is 6.92 Å². The Labute approximate surface area is 69.3 Å². The van der Waals surface area contributed by atoms with Gasteiger partial charge in [0.15, 0.2) is 0 Å². The van der Waals surface area contributed by atoms with Crippen LogP contribution in [0.4, 0.5) is 17.6 Å². The summed E-state index contributed by atoms with van der Waals surface area (Å²) < 4.78 is 49.2. The molecule has 0 aliphatic carbocycles. The third-order valence-electron chi connectivity index (χ3n) is 2.02. The highest BCUT2D eigenvalue weighted by Crippen LogP contribution is 2.39. The maximum atomic E-state index is 13.3. The topological polar surface area (TPSA) is 0 Å². The lowest BCUT2D eigenvalue weighted by Crippen LogP contribution is -2.35. The van der Waals surface area contributed by atoms with Crippen molar-refractivity contribution in [2.24, 2.45) is 5.92 Å². The average molecular weight is 184 g/mol. The van der Waals surface area contributed by atoms with Crippen LogP contribution >= 0.6 is 0 Å². The summed E-state index contributed by atoms with van der Waals surface area (Å²) in [6.07, 6.45) is -4.65. The van der Waals surface area contributed by atoms with Gasteiger partial charge in [-0.15, -0.1) is 0 Å². The summed E-state index contributed by atoms with van der Waals surface area (Å²) in [5.41, 5.74) is -3.69. The van der Waals surface area contributed by atoms with Crippen LogP contribution in [0.5, 0.6) is 0 Å². The zero-order valence-electron chi connectivity index (χ0n) is 7.30. The van der Waals surface area contributed by atoms with E-state index in [9.17, 15) is 17.6 Å². The molecule has 0 rings (SSSR count). The minimum atomic E-state index is -4.65. The zero-order chi connectivity index (χ0) is 10.2. The maximum Gasteiger partial charge on any atom is 0.415 e. The zero-order valence-corrected chi connectivity index (χ0v) is 7.30. The van der Waals surface area contributed by atoms with Gasteiger partial charge in [-0.1, -0.05) is 20.4 Å². The van der Waals surface area contributed by atoms with Crippen LogP contribution in [0, 0.1) is 5.92 Å². The molecular weight excluding hydrogens is 172 g/mol. The molecule has 0 saturated heterocycles. The Morgan fingerprint density at radius 1 is 1.17 bits per heavy atom. The molecule has 0 N–H and O–H groups in total. The second-order valence-electron chi connectivity index (χ2n) is 3.21. The normalized spacial score (nSPS) is 17.7. The number of halogens is 4. The number of rotatable bonds is 2. The Morgan fingerprint density at radius 2 is 1.50 bits per heavy atom. The third-order valence-corrected chi connectivity index (χ3v) is 2.02. The highest BCUT2D eigenvalue weighted by atomic mass is 19.4. The quantitative estimate of drug-likeness (QED) is 0.455. The van der Waals surface area contributed by atoms with Gasteiger partial charge in [-0.25, -0.2) is 4.39 Å². The van der Waals surface area contributed by atoms with Crippen LogP contribution in [0.1, 0.15) is 20.8 Å². The van der Waals surface area contributed by atoms with Gasteiger partial charge in [-0.2, -0.15) is 13.2 Å². The van der Waals surface area contributed by atoms with Crippen LogP contribution in [0.3, 0.4) is 0 Å². The van der Waals surface area contributed by atoms with Crippen molar-refractivity contribution in [1.82, 2.24) is 0 Å². The molecule has 0 amide bonds. The molecule has 0 aromatic rings. The fourth-order valence-electron chi connectivity index (χ4n) is 0.626. The highest BCUT2D eigenvalue weighted by molar-refractivity contribution is 5.17. The van der Waals surface area contributed by atoms with Gasteiger partial charge in [0.25, 0.3) is 0 Å². The van der Waals surface area contributed by atoms with Gasteiger partial charge in [0.1, 0.15) is 5.67 Å². The molecule has 0 saturated carbocycles. The summed E-state index contributed by atoms with van der Waals surface area (Å²) in [4.78, 5) is 0. The van der Waals surface area contributed by atoms with Crippen LogP contribution in [0.25, 0.3) is 0 Å². The monoisotopic (exact) mass is 184 g/mol. The van der Waals surface area contributed by atoms with Gasteiger partial charge < -0.3 is 0 Å². The van der Waals surface area contributed by atoms with Crippen molar-refractivity contribution < 1.29 is 17.6 Å². The fraction of sp³-hybridized carbons (Fsp3) is 0.750. The molecule has 1 unspecified atom stereocenters. The van der Waals surface area contributed by atoms with Crippen molar-refractivity contribution in [3.8, 4) is 0 Å². The van der Waals surface area contributed by atoms with Crippen molar-refractivity contribution in [1.29, 1.82) is 0 Å². The van der Waals surface area contributed by atoms with Crippen LogP contribution in [-0.2, 0) is 0 Å². The van der Waals surface area contributed by atoms with E-state index in [0.29, 0.717) is 0 Å². The summed E-state index contributed by atoms with van der Waals surface area (Å²) in [6.45, 7) is 6.39.